The zero-order valence-electron chi connectivity index (χ0n) is 12.4. The van der Waals surface area contributed by atoms with Crippen molar-refractivity contribution in [3.8, 4) is 0 Å². The van der Waals surface area contributed by atoms with Crippen LogP contribution < -0.4 is 10.6 Å². The fourth-order valence-corrected chi connectivity index (χ4v) is 2.78. The Hall–Kier alpha value is -1.62. The Morgan fingerprint density at radius 1 is 1.50 bits per heavy atom. The number of piperidine rings is 1. The predicted octanol–water partition coefficient (Wildman–Crippen LogP) is 3.09. The van der Waals surface area contributed by atoms with Gasteiger partial charge in [0.1, 0.15) is 5.69 Å². The van der Waals surface area contributed by atoms with Crippen molar-refractivity contribution in [3.63, 3.8) is 0 Å². The Bertz CT molecular complexity index is 500. The van der Waals surface area contributed by atoms with Crippen LogP contribution in [0.3, 0.4) is 0 Å². The normalized spacial score (nSPS) is 21.4. The summed E-state index contributed by atoms with van der Waals surface area (Å²) in [7, 11) is 0. The molecular weight excluding hydrogens is 254 g/mol. The van der Waals surface area contributed by atoms with Gasteiger partial charge in [0.15, 0.2) is 0 Å². The second kappa shape index (κ2) is 5.79. The van der Waals surface area contributed by atoms with Gasteiger partial charge in [0, 0.05) is 18.7 Å². The lowest BCUT2D eigenvalue weighted by atomic mass is 9.77. The molecule has 1 atom stereocenters. The average molecular weight is 277 g/mol. The smallest absolute Gasteiger partial charge is 0.292 e. The molecule has 1 aliphatic heterocycles. The first-order valence-corrected chi connectivity index (χ1v) is 7.12. The summed E-state index contributed by atoms with van der Waals surface area (Å²) in [5, 5.41) is 17.8. The van der Waals surface area contributed by atoms with Gasteiger partial charge in [0.2, 0.25) is 0 Å². The van der Waals surface area contributed by atoms with Crippen LogP contribution in [0.4, 0.5) is 11.4 Å². The van der Waals surface area contributed by atoms with Crippen LogP contribution in [0.25, 0.3) is 0 Å². The Morgan fingerprint density at radius 3 is 2.90 bits per heavy atom. The quantitative estimate of drug-likeness (QED) is 0.655. The molecule has 1 heterocycles. The monoisotopic (exact) mass is 277 g/mol. The van der Waals surface area contributed by atoms with Crippen molar-refractivity contribution in [3.05, 3.63) is 33.9 Å². The van der Waals surface area contributed by atoms with Crippen molar-refractivity contribution in [2.45, 2.75) is 39.7 Å². The van der Waals surface area contributed by atoms with E-state index in [9.17, 15) is 10.1 Å². The molecule has 2 N–H and O–H groups in total. The zero-order chi connectivity index (χ0) is 14.8. The number of nitrogens with one attached hydrogen (secondary N) is 2. The molecule has 1 saturated heterocycles. The molecule has 0 aliphatic carbocycles. The third kappa shape index (κ3) is 3.28. The molecule has 5 heteroatoms. The fourth-order valence-electron chi connectivity index (χ4n) is 2.78. The molecule has 0 saturated carbocycles. The van der Waals surface area contributed by atoms with Crippen LogP contribution >= 0.6 is 0 Å². The molecule has 1 aliphatic rings. The number of aryl methyl sites for hydroxylation is 1. The van der Waals surface area contributed by atoms with E-state index in [2.05, 4.69) is 24.5 Å². The third-order valence-corrected chi connectivity index (χ3v) is 4.18. The lowest BCUT2D eigenvalue weighted by molar-refractivity contribution is -0.384. The Labute approximate surface area is 119 Å². The number of nitro groups is 1. The Morgan fingerprint density at radius 2 is 2.25 bits per heavy atom. The van der Waals surface area contributed by atoms with Crippen molar-refractivity contribution in [1.82, 2.24) is 5.32 Å². The Balaban J connectivity index is 2.10. The second-order valence-electron chi connectivity index (χ2n) is 6.26. The highest BCUT2D eigenvalue weighted by Crippen LogP contribution is 2.31. The minimum absolute atomic E-state index is 0.143. The average Bonchev–Trinajstić information content (AvgIpc) is 2.36. The van der Waals surface area contributed by atoms with Crippen LogP contribution in [0.2, 0.25) is 0 Å². The molecule has 0 bridgehead atoms. The molecule has 0 radical (unpaired) electrons. The number of nitro benzene ring substituents is 1. The summed E-state index contributed by atoms with van der Waals surface area (Å²) in [5.74, 6) is 0. The number of nitrogens with zero attached hydrogens (tertiary/aromatic N) is 1. The van der Waals surface area contributed by atoms with Gasteiger partial charge in [-0.1, -0.05) is 19.9 Å². The van der Waals surface area contributed by atoms with Crippen molar-refractivity contribution in [2.24, 2.45) is 5.41 Å². The van der Waals surface area contributed by atoms with E-state index in [1.54, 1.807) is 12.1 Å². The highest BCUT2D eigenvalue weighted by Gasteiger charge is 2.31. The van der Waals surface area contributed by atoms with E-state index in [-0.39, 0.29) is 16.0 Å². The fraction of sp³-hybridized carbons (Fsp3) is 0.600. The van der Waals surface area contributed by atoms with Gasteiger partial charge in [-0.05, 0) is 43.4 Å². The van der Waals surface area contributed by atoms with Gasteiger partial charge >= 0.3 is 0 Å². The molecule has 2 rings (SSSR count). The maximum Gasteiger partial charge on any atom is 0.292 e. The molecule has 0 spiro atoms. The maximum atomic E-state index is 11.1. The number of rotatable bonds is 4. The number of benzene rings is 1. The van der Waals surface area contributed by atoms with E-state index in [0.29, 0.717) is 18.3 Å². The first kappa shape index (κ1) is 14.8. The summed E-state index contributed by atoms with van der Waals surface area (Å²) < 4.78 is 0. The predicted molar refractivity (Wildman–Crippen MR) is 81.1 cm³/mol. The van der Waals surface area contributed by atoms with Crippen molar-refractivity contribution in [1.29, 1.82) is 0 Å². The molecule has 110 valence electrons. The number of anilines is 1. The van der Waals surface area contributed by atoms with E-state index in [1.807, 2.05) is 13.0 Å². The topological polar surface area (TPSA) is 67.2 Å². The Kier molecular flexibility index (Phi) is 4.28. The van der Waals surface area contributed by atoms with Gasteiger partial charge < -0.3 is 10.6 Å². The molecular formula is C15H23N3O2. The highest BCUT2D eigenvalue weighted by molar-refractivity contribution is 5.62. The summed E-state index contributed by atoms with van der Waals surface area (Å²) in [4.78, 5) is 10.7. The van der Waals surface area contributed by atoms with Crippen LogP contribution in [0.1, 0.15) is 32.3 Å². The molecule has 5 nitrogen and oxygen atoms in total. The van der Waals surface area contributed by atoms with E-state index >= 15 is 0 Å². The minimum atomic E-state index is -0.332. The van der Waals surface area contributed by atoms with Gasteiger partial charge in [0.25, 0.3) is 5.69 Å². The minimum Gasteiger partial charge on any atom is -0.378 e. The second-order valence-corrected chi connectivity index (χ2v) is 6.26. The lowest BCUT2D eigenvalue weighted by Gasteiger charge is -2.39. The SMILES string of the molecule is Cc1ccc([N+](=O)[O-])c(NCC2NCCCC2(C)C)c1. The lowest BCUT2D eigenvalue weighted by Crippen LogP contribution is -2.50. The van der Waals surface area contributed by atoms with Gasteiger partial charge in [-0.25, -0.2) is 0 Å². The van der Waals surface area contributed by atoms with E-state index in [0.717, 1.165) is 12.1 Å². The van der Waals surface area contributed by atoms with Crippen LogP contribution in [0, 0.1) is 22.5 Å². The van der Waals surface area contributed by atoms with Gasteiger partial charge in [-0.3, -0.25) is 10.1 Å². The molecule has 1 aromatic carbocycles. The van der Waals surface area contributed by atoms with Crippen LogP contribution in [0.5, 0.6) is 0 Å². The number of hydrogen-bond acceptors (Lipinski definition) is 4. The summed E-state index contributed by atoms with van der Waals surface area (Å²) in [6, 6.07) is 5.51. The molecule has 20 heavy (non-hydrogen) atoms. The largest absolute Gasteiger partial charge is 0.378 e. The first-order chi connectivity index (χ1) is 9.40. The van der Waals surface area contributed by atoms with E-state index < -0.39 is 0 Å². The van der Waals surface area contributed by atoms with Crippen LogP contribution in [-0.2, 0) is 0 Å². The van der Waals surface area contributed by atoms with Gasteiger partial charge in [-0.2, -0.15) is 0 Å². The summed E-state index contributed by atoms with van der Waals surface area (Å²) in [5.41, 5.74) is 1.99. The molecule has 1 aromatic rings. The molecule has 1 fully saturated rings. The van der Waals surface area contributed by atoms with Crippen LogP contribution in [0.15, 0.2) is 18.2 Å². The van der Waals surface area contributed by atoms with Crippen molar-refractivity contribution in [2.75, 3.05) is 18.4 Å². The summed E-state index contributed by atoms with van der Waals surface area (Å²) >= 11 is 0. The summed E-state index contributed by atoms with van der Waals surface area (Å²) in [6.07, 6.45) is 2.37. The van der Waals surface area contributed by atoms with Crippen molar-refractivity contribution >= 4 is 11.4 Å². The summed E-state index contributed by atoms with van der Waals surface area (Å²) in [6.45, 7) is 8.16. The maximum absolute atomic E-state index is 11.1. The number of hydrogen-bond donors (Lipinski definition) is 2. The standard InChI is InChI=1S/C15H23N3O2/c1-11-5-6-13(18(19)20)12(9-11)17-10-14-15(2,3)7-4-8-16-14/h5-6,9,14,16-17H,4,7-8,10H2,1-3H3. The molecule has 1 unspecified atom stereocenters. The molecule has 0 amide bonds. The van der Waals surface area contributed by atoms with Crippen LogP contribution in [-0.4, -0.2) is 24.1 Å². The van der Waals surface area contributed by atoms with Gasteiger partial charge in [0.05, 0.1) is 4.92 Å². The zero-order valence-corrected chi connectivity index (χ0v) is 12.4. The van der Waals surface area contributed by atoms with E-state index in [1.165, 1.54) is 12.8 Å². The first-order valence-electron chi connectivity index (χ1n) is 7.12. The van der Waals surface area contributed by atoms with E-state index in [4.69, 9.17) is 0 Å². The third-order valence-electron chi connectivity index (χ3n) is 4.18. The van der Waals surface area contributed by atoms with Crippen molar-refractivity contribution < 1.29 is 4.92 Å². The molecule has 0 aromatic heterocycles. The highest BCUT2D eigenvalue weighted by atomic mass is 16.6. The van der Waals surface area contributed by atoms with Gasteiger partial charge in [-0.15, -0.1) is 0 Å².